The lowest BCUT2D eigenvalue weighted by Crippen LogP contribution is -2.45. The van der Waals surface area contributed by atoms with Gasteiger partial charge in [-0.3, -0.25) is 10.2 Å². The lowest BCUT2D eigenvalue weighted by atomic mass is 9.96. The summed E-state index contributed by atoms with van der Waals surface area (Å²) in [5, 5.41) is 12.7. The molecule has 110 valence electrons. The largest absolute Gasteiger partial charge is 0.333 e. The van der Waals surface area contributed by atoms with Crippen molar-refractivity contribution in [3.8, 4) is 6.07 Å². The van der Waals surface area contributed by atoms with Crippen molar-refractivity contribution >= 4 is 0 Å². The van der Waals surface area contributed by atoms with Crippen molar-refractivity contribution < 1.29 is 0 Å². The predicted octanol–water partition coefficient (Wildman–Crippen LogP) is 1.76. The van der Waals surface area contributed by atoms with Gasteiger partial charge in [-0.1, -0.05) is 0 Å². The molecule has 0 aromatic carbocycles. The van der Waals surface area contributed by atoms with Crippen LogP contribution < -0.4 is 5.32 Å². The fourth-order valence-corrected chi connectivity index (χ4v) is 2.87. The van der Waals surface area contributed by atoms with Crippen molar-refractivity contribution in [3.63, 3.8) is 0 Å². The number of nitrogens with one attached hydrogen (secondary N) is 1. The number of rotatable bonds is 6. The Morgan fingerprint density at radius 3 is 3.00 bits per heavy atom. The summed E-state index contributed by atoms with van der Waals surface area (Å²) in [7, 11) is 0. The molecule has 1 aliphatic heterocycles. The molecule has 0 bridgehead atoms. The molecule has 1 aromatic rings. The minimum atomic E-state index is -0.414. The first-order chi connectivity index (χ1) is 9.52. The Labute approximate surface area is 121 Å². The molecule has 0 fully saturated rings. The van der Waals surface area contributed by atoms with Crippen LogP contribution in [-0.4, -0.2) is 39.1 Å². The highest BCUT2D eigenvalue weighted by Gasteiger charge is 2.24. The van der Waals surface area contributed by atoms with Gasteiger partial charge in [0, 0.05) is 31.5 Å². The molecule has 1 N–H and O–H groups in total. The van der Waals surface area contributed by atoms with Gasteiger partial charge < -0.3 is 4.57 Å². The topological polar surface area (TPSA) is 56.9 Å². The Hall–Kier alpha value is -1.38. The maximum atomic E-state index is 9.33. The fraction of sp³-hybridized carbons (Fsp3) is 0.733. The summed E-state index contributed by atoms with van der Waals surface area (Å²) in [5.41, 5.74) is -0.414. The van der Waals surface area contributed by atoms with Crippen LogP contribution in [0.25, 0.3) is 0 Å². The quantitative estimate of drug-likeness (QED) is 0.859. The Kier molecular flexibility index (Phi) is 4.79. The standard InChI is InChI=1S/C15H25N5/c1-13(2)18-15(3,12-16)5-4-7-19-9-10-20-8-6-17-14(20)11-19/h6,8,13,18H,4-5,7,9-11H2,1-3H3. The predicted molar refractivity (Wildman–Crippen MR) is 79.0 cm³/mol. The second-order valence-electron chi connectivity index (χ2n) is 6.16. The maximum absolute atomic E-state index is 9.33. The molecule has 2 heterocycles. The van der Waals surface area contributed by atoms with Gasteiger partial charge in [-0.25, -0.2) is 4.98 Å². The Morgan fingerprint density at radius 2 is 2.30 bits per heavy atom. The van der Waals surface area contributed by atoms with Crippen LogP contribution in [0.4, 0.5) is 0 Å². The molecule has 20 heavy (non-hydrogen) atoms. The Bertz CT molecular complexity index is 473. The SMILES string of the molecule is CC(C)NC(C)(C#N)CCCN1CCn2ccnc2C1. The molecule has 1 unspecified atom stereocenters. The second kappa shape index (κ2) is 6.38. The van der Waals surface area contributed by atoms with Gasteiger partial charge >= 0.3 is 0 Å². The molecule has 1 atom stereocenters. The molecular weight excluding hydrogens is 250 g/mol. The third kappa shape index (κ3) is 3.81. The van der Waals surface area contributed by atoms with E-state index in [0.717, 1.165) is 44.8 Å². The van der Waals surface area contributed by atoms with Crippen molar-refractivity contribution in [2.75, 3.05) is 13.1 Å². The van der Waals surface area contributed by atoms with Gasteiger partial charge in [0.1, 0.15) is 11.4 Å². The van der Waals surface area contributed by atoms with Gasteiger partial charge in [-0.15, -0.1) is 0 Å². The minimum absolute atomic E-state index is 0.335. The molecule has 2 rings (SSSR count). The summed E-state index contributed by atoms with van der Waals surface area (Å²) in [4.78, 5) is 6.80. The van der Waals surface area contributed by atoms with Crippen LogP contribution in [0, 0.1) is 11.3 Å². The Morgan fingerprint density at radius 1 is 1.50 bits per heavy atom. The average molecular weight is 275 g/mol. The van der Waals surface area contributed by atoms with E-state index in [9.17, 15) is 5.26 Å². The summed E-state index contributed by atoms with van der Waals surface area (Å²) < 4.78 is 2.22. The van der Waals surface area contributed by atoms with Crippen LogP contribution in [0.15, 0.2) is 12.4 Å². The zero-order chi connectivity index (χ0) is 14.6. The molecule has 0 aliphatic carbocycles. The van der Waals surface area contributed by atoms with Crippen molar-refractivity contribution in [1.29, 1.82) is 5.26 Å². The van der Waals surface area contributed by atoms with E-state index < -0.39 is 5.54 Å². The number of nitriles is 1. The summed E-state index contributed by atoms with van der Waals surface area (Å²) >= 11 is 0. The van der Waals surface area contributed by atoms with Crippen molar-refractivity contribution in [2.24, 2.45) is 0 Å². The number of fused-ring (bicyclic) bond motifs is 1. The molecule has 0 saturated carbocycles. The highest BCUT2D eigenvalue weighted by Crippen LogP contribution is 2.15. The number of hydrogen-bond acceptors (Lipinski definition) is 4. The van der Waals surface area contributed by atoms with Crippen LogP contribution >= 0.6 is 0 Å². The van der Waals surface area contributed by atoms with Crippen molar-refractivity contribution in [1.82, 2.24) is 19.8 Å². The molecule has 0 saturated heterocycles. The average Bonchev–Trinajstić information content (AvgIpc) is 2.85. The fourth-order valence-electron chi connectivity index (χ4n) is 2.87. The lowest BCUT2D eigenvalue weighted by molar-refractivity contribution is 0.206. The van der Waals surface area contributed by atoms with Gasteiger partial charge in [-0.2, -0.15) is 5.26 Å². The summed E-state index contributed by atoms with van der Waals surface area (Å²) in [5.74, 6) is 1.15. The summed E-state index contributed by atoms with van der Waals surface area (Å²) in [6, 6.07) is 2.75. The molecule has 5 heteroatoms. The van der Waals surface area contributed by atoms with E-state index in [1.165, 1.54) is 0 Å². The highest BCUT2D eigenvalue weighted by atomic mass is 15.2. The van der Waals surface area contributed by atoms with Gasteiger partial charge in [0.15, 0.2) is 0 Å². The van der Waals surface area contributed by atoms with E-state index >= 15 is 0 Å². The zero-order valence-electron chi connectivity index (χ0n) is 12.8. The second-order valence-corrected chi connectivity index (χ2v) is 6.16. The summed E-state index contributed by atoms with van der Waals surface area (Å²) in [6.45, 7) is 10.2. The highest BCUT2D eigenvalue weighted by molar-refractivity contribution is 5.04. The third-order valence-corrected chi connectivity index (χ3v) is 3.83. The van der Waals surface area contributed by atoms with E-state index in [0.29, 0.717) is 6.04 Å². The van der Waals surface area contributed by atoms with Crippen LogP contribution in [0.3, 0.4) is 0 Å². The maximum Gasteiger partial charge on any atom is 0.122 e. The number of hydrogen-bond donors (Lipinski definition) is 1. The first-order valence-electron chi connectivity index (χ1n) is 7.44. The van der Waals surface area contributed by atoms with Crippen LogP contribution in [0.5, 0.6) is 0 Å². The van der Waals surface area contributed by atoms with Crippen molar-refractivity contribution in [3.05, 3.63) is 18.2 Å². The smallest absolute Gasteiger partial charge is 0.122 e. The van der Waals surface area contributed by atoms with E-state index in [1.807, 2.05) is 19.3 Å². The van der Waals surface area contributed by atoms with Crippen LogP contribution in [0.1, 0.15) is 39.4 Å². The number of aromatic nitrogens is 2. The van der Waals surface area contributed by atoms with E-state index in [-0.39, 0.29) is 0 Å². The molecule has 0 radical (unpaired) electrons. The molecule has 0 spiro atoms. The molecule has 0 amide bonds. The third-order valence-electron chi connectivity index (χ3n) is 3.83. The molecule has 1 aromatic heterocycles. The Balaban J connectivity index is 1.78. The van der Waals surface area contributed by atoms with Gasteiger partial charge in [0.25, 0.3) is 0 Å². The summed E-state index contributed by atoms with van der Waals surface area (Å²) in [6.07, 6.45) is 5.83. The van der Waals surface area contributed by atoms with E-state index in [1.54, 1.807) is 0 Å². The zero-order valence-corrected chi connectivity index (χ0v) is 12.8. The monoisotopic (exact) mass is 275 g/mol. The first kappa shape index (κ1) is 15.0. The van der Waals surface area contributed by atoms with Crippen LogP contribution in [0.2, 0.25) is 0 Å². The molecular formula is C15H25N5. The van der Waals surface area contributed by atoms with Gasteiger partial charge in [0.05, 0.1) is 12.6 Å². The van der Waals surface area contributed by atoms with E-state index in [2.05, 4.69) is 39.7 Å². The van der Waals surface area contributed by atoms with Gasteiger partial charge in [-0.05, 0) is 40.2 Å². The molecule has 5 nitrogen and oxygen atoms in total. The van der Waals surface area contributed by atoms with E-state index in [4.69, 9.17) is 0 Å². The number of imidazole rings is 1. The van der Waals surface area contributed by atoms with Crippen molar-refractivity contribution in [2.45, 2.75) is 58.3 Å². The normalized spacial score (nSPS) is 18.6. The molecule has 1 aliphatic rings. The lowest BCUT2D eigenvalue weighted by Gasteiger charge is -2.30. The minimum Gasteiger partial charge on any atom is -0.333 e. The van der Waals surface area contributed by atoms with Gasteiger partial charge in [0.2, 0.25) is 0 Å². The van der Waals surface area contributed by atoms with Crippen LogP contribution in [-0.2, 0) is 13.1 Å². The first-order valence-corrected chi connectivity index (χ1v) is 7.44. The number of nitrogens with zero attached hydrogens (tertiary/aromatic N) is 4.